The SMILES string of the molecule is C[C@@H](N)C(=O)C1=CCCCO1. The number of ether oxygens (including phenoxy) is 1. The quantitative estimate of drug-likeness (QED) is 0.635. The first-order valence-corrected chi connectivity index (χ1v) is 3.84. The van der Waals surface area contributed by atoms with Crippen LogP contribution >= 0.6 is 0 Å². The minimum atomic E-state index is -0.445. The van der Waals surface area contributed by atoms with Gasteiger partial charge in [-0.05, 0) is 25.8 Å². The molecular weight excluding hydrogens is 142 g/mol. The van der Waals surface area contributed by atoms with Crippen LogP contribution in [0.3, 0.4) is 0 Å². The van der Waals surface area contributed by atoms with Crippen LogP contribution in [-0.2, 0) is 9.53 Å². The number of carbonyl (C=O) groups is 1. The van der Waals surface area contributed by atoms with Gasteiger partial charge in [0.25, 0.3) is 0 Å². The summed E-state index contributed by atoms with van der Waals surface area (Å²) in [6.45, 7) is 2.31. The van der Waals surface area contributed by atoms with Crippen molar-refractivity contribution in [2.45, 2.75) is 25.8 Å². The fourth-order valence-electron chi connectivity index (χ4n) is 0.954. The Labute approximate surface area is 66.2 Å². The van der Waals surface area contributed by atoms with Gasteiger partial charge in [0.15, 0.2) is 5.76 Å². The third kappa shape index (κ3) is 2.05. The van der Waals surface area contributed by atoms with Crippen LogP contribution in [0.5, 0.6) is 0 Å². The monoisotopic (exact) mass is 155 g/mol. The van der Waals surface area contributed by atoms with Crippen molar-refractivity contribution in [2.75, 3.05) is 6.61 Å². The summed E-state index contributed by atoms with van der Waals surface area (Å²) in [4.78, 5) is 11.2. The summed E-state index contributed by atoms with van der Waals surface area (Å²) in [5, 5.41) is 0. The van der Waals surface area contributed by atoms with Gasteiger partial charge < -0.3 is 10.5 Å². The van der Waals surface area contributed by atoms with E-state index in [1.54, 1.807) is 6.92 Å². The lowest BCUT2D eigenvalue weighted by molar-refractivity contribution is -0.120. The molecule has 0 aromatic heterocycles. The van der Waals surface area contributed by atoms with Crippen LogP contribution in [0.1, 0.15) is 19.8 Å². The molecule has 11 heavy (non-hydrogen) atoms. The van der Waals surface area contributed by atoms with Crippen LogP contribution in [-0.4, -0.2) is 18.4 Å². The number of hydrogen-bond acceptors (Lipinski definition) is 3. The number of hydrogen-bond donors (Lipinski definition) is 1. The van der Waals surface area contributed by atoms with Gasteiger partial charge in [-0.15, -0.1) is 0 Å². The summed E-state index contributed by atoms with van der Waals surface area (Å²) in [5.41, 5.74) is 5.40. The lowest BCUT2D eigenvalue weighted by atomic mass is 10.1. The van der Waals surface area contributed by atoms with E-state index in [1.165, 1.54) is 0 Å². The fraction of sp³-hybridized carbons (Fsp3) is 0.625. The molecule has 0 bridgehead atoms. The Hall–Kier alpha value is -0.830. The van der Waals surface area contributed by atoms with Crippen LogP contribution < -0.4 is 5.73 Å². The molecular formula is C8H13NO2. The normalized spacial score (nSPS) is 20.0. The molecule has 0 saturated heterocycles. The second-order valence-corrected chi connectivity index (χ2v) is 2.71. The molecule has 0 unspecified atom stereocenters. The molecule has 62 valence electrons. The Kier molecular flexibility index (Phi) is 2.65. The number of ketones is 1. The van der Waals surface area contributed by atoms with Gasteiger partial charge in [0, 0.05) is 0 Å². The lowest BCUT2D eigenvalue weighted by Crippen LogP contribution is -2.29. The van der Waals surface area contributed by atoms with Crippen LogP contribution in [0, 0.1) is 0 Å². The number of carbonyl (C=O) groups excluding carboxylic acids is 1. The van der Waals surface area contributed by atoms with Gasteiger partial charge in [-0.1, -0.05) is 0 Å². The maximum absolute atomic E-state index is 11.2. The largest absolute Gasteiger partial charge is 0.490 e. The smallest absolute Gasteiger partial charge is 0.213 e. The molecule has 0 amide bonds. The fourth-order valence-corrected chi connectivity index (χ4v) is 0.954. The summed E-state index contributed by atoms with van der Waals surface area (Å²) in [6, 6.07) is -0.445. The zero-order valence-corrected chi connectivity index (χ0v) is 6.67. The molecule has 2 N–H and O–H groups in total. The highest BCUT2D eigenvalue weighted by Gasteiger charge is 2.16. The van der Waals surface area contributed by atoms with Crippen molar-refractivity contribution in [3.63, 3.8) is 0 Å². The molecule has 3 heteroatoms. The van der Waals surface area contributed by atoms with E-state index in [1.807, 2.05) is 6.08 Å². The van der Waals surface area contributed by atoms with Crippen molar-refractivity contribution in [1.82, 2.24) is 0 Å². The first-order valence-electron chi connectivity index (χ1n) is 3.84. The Morgan fingerprint density at radius 2 is 2.55 bits per heavy atom. The summed E-state index contributed by atoms with van der Waals surface area (Å²) in [7, 11) is 0. The highest BCUT2D eigenvalue weighted by Crippen LogP contribution is 2.11. The molecule has 1 aliphatic rings. The minimum Gasteiger partial charge on any atom is -0.490 e. The summed E-state index contributed by atoms with van der Waals surface area (Å²) >= 11 is 0. The molecule has 0 aliphatic carbocycles. The first kappa shape index (κ1) is 8.27. The van der Waals surface area contributed by atoms with E-state index in [9.17, 15) is 4.79 Å². The zero-order valence-electron chi connectivity index (χ0n) is 6.67. The third-order valence-electron chi connectivity index (χ3n) is 1.59. The molecule has 0 aromatic carbocycles. The second kappa shape index (κ2) is 3.53. The molecule has 3 nitrogen and oxygen atoms in total. The third-order valence-corrected chi connectivity index (χ3v) is 1.59. The number of rotatable bonds is 2. The Morgan fingerprint density at radius 3 is 3.00 bits per heavy atom. The van der Waals surface area contributed by atoms with Crippen molar-refractivity contribution < 1.29 is 9.53 Å². The molecule has 0 radical (unpaired) electrons. The molecule has 0 saturated carbocycles. The highest BCUT2D eigenvalue weighted by atomic mass is 16.5. The maximum Gasteiger partial charge on any atom is 0.213 e. The summed E-state index contributed by atoms with van der Waals surface area (Å²) < 4.78 is 5.13. The number of allylic oxidation sites excluding steroid dienone is 1. The van der Waals surface area contributed by atoms with Crippen molar-refractivity contribution in [1.29, 1.82) is 0 Å². The van der Waals surface area contributed by atoms with Crippen molar-refractivity contribution in [3.8, 4) is 0 Å². The van der Waals surface area contributed by atoms with E-state index in [4.69, 9.17) is 10.5 Å². The average Bonchev–Trinajstić information content (AvgIpc) is 2.05. The molecule has 0 aromatic rings. The molecule has 0 fully saturated rings. The predicted molar refractivity (Wildman–Crippen MR) is 41.9 cm³/mol. The van der Waals surface area contributed by atoms with Crippen molar-refractivity contribution >= 4 is 5.78 Å². The van der Waals surface area contributed by atoms with Gasteiger partial charge in [0.1, 0.15) is 0 Å². The standard InChI is InChI=1S/C8H13NO2/c1-6(9)8(10)7-4-2-3-5-11-7/h4,6H,2-3,5,9H2,1H3/t6-/m1/s1. The van der Waals surface area contributed by atoms with Crippen LogP contribution in [0.25, 0.3) is 0 Å². The first-order chi connectivity index (χ1) is 5.22. The number of Topliss-reactive ketones (excluding diaryl/α,β-unsaturated/α-hetero) is 1. The van der Waals surface area contributed by atoms with Gasteiger partial charge in [0.2, 0.25) is 5.78 Å². The Balaban J connectivity index is 2.58. The zero-order chi connectivity index (χ0) is 8.27. The highest BCUT2D eigenvalue weighted by molar-refractivity contribution is 5.97. The van der Waals surface area contributed by atoms with Gasteiger partial charge in [-0.2, -0.15) is 0 Å². The van der Waals surface area contributed by atoms with E-state index in [-0.39, 0.29) is 5.78 Å². The van der Waals surface area contributed by atoms with Gasteiger partial charge in [-0.3, -0.25) is 4.79 Å². The van der Waals surface area contributed by atoms with Gasteiger partial charge >= 0.3 is 0 Å². The van der Waals surface area contributed by atoms with Crippen molar-refractivity contribution in [2.24, 2.45) is 5.73 Å². The molecule has 0 spiro atoms. The van der Waals surface area contributed by atoms with Gasteiger partial charge in [-0.25, -0.2) is 0 Å². The lowest BCUT2D eigenvalue weighted by Gasteiger charge is -2.14. The average molecular weight is 155 g/mol. The maximum atomic E-state index is 11.2. The Bertz CT molecular complexity index is 185. The van der Waals surface area contributed by atoms with E-state index >= 15 is 0 Å². The summed E-state index contributed by atoms with van der Waals surface area (Å²) in [6.07, 6.45) is 3.73. The van der Waals surface area contributed by atoms with Gasteiger partial charge in [0.05, 0.1) is 12.6 Å². The predicted octanol–water partition coefficient (Wildman–Crippen LogP) is 0.597. The van der Waals surface area contributed by atoms with E-state index < -0.39 is 6.04 Å². The number of nitrogens with two attached hydrogens (primary N) is 1. The molecule has 1 atom stereocenters. The second-order valence-electron chi connectivity index (χ2n) is 2.71. The molecule has 1 aliphatic heterocycles. The Morgan fingerprint density at radius 1 is 1.82 bits per heavy atom. The molecule has 1 rings (SSSR count). The van der Waals surface area contributed by atoms with E-state index in [0.717, 1.165) is 12.8 Å². The van der Waals surface area contributed by atoms with Crippen LogP contribution in [0.15, 0.2) is 11.8 Å². The van der Waals surface area contributed by atoms with E-state index in [0.29, 0.717) is 12.4 Å². The minimum absolute atomic E-state index is 0.0929. The molecule has 1 heterocycles. The van der Waals surface area contributed by atoms with Crippen LogP contribution in [0.4, 0.5) is 0 Å². The van der Waals surface area contributed by atoms with Crippen molar-refractivity contribution in [3.05, 3.63) is 11.8 Å². The summed E-state index contributed by atoms with van der Waals surface area (Å²) in [5.74, 6) is 0.357. The van der Waals surface area contributed by atoms with E-state index in [2.05, 4.69) is 0 Å². The van der Waals surface area contributed by atoms with Crippen LogP contribution in [0.2, 0.25) is 0 Å². The topological polar surface area (TPSA) is 52.3 Å².